The third-order valence-electron chi connectivity index (χ3n) is 7.75. The normalized spacial score (nSPS) is 23.1. The minimum absolute atomic E-state index is 0.475. The van der Waals surface area contributed by atoms with Crippen LogP contribution in [0.2, 0.25) is 0 Å². The van der Waals surface area contributed by atoms with Gasteiger partial charge in [0.15, 0.2) is 5.88 Å². The van der Waals surface area contributed by atoms with Crippen LogP contribution in [0, 0.1) is 5.92 Å². The van der Waals surface area contributed by atoms with Crippen molar-refractivity contribution in [3.05, 3.63) is 24.4 Å². The van der Waals surface area contributed by atoms with Crippen LogP contribution in [0.1, 0.15) is 70.3 Å². The number of nitrogens with zero attached hydrogens (tertiary/aromatic N) is 3. The summed E-state index contributed by atoms with van der Waals surface area (Å²) >= 11 is 0. The van der Waals surface area contributed by atoms with Crippen LogP contribution >= 0.6 is 0 Å². The number of hydrogen-bond acceptors (Lipinski definition) is 3. The maximum absolute atomic E-state index is 10.9. The summed E-state index contributed by atoms with van der Waals surface area (Å²) < 4.78 is 2.15. The molecule has 1 aromatic heterocycles. The Morgan fingerprint density at radius 1 is 0.828 bits per heavy atom. The Morgan fingerprint density at radius 2 is 1.52 bits per heavy atom. The molecule has 1 N–H and O–H groups in total. The lowest BCUT2D eigenvalue weighted by Crippen LogP contribution is -2.48. The van der Waals surface area contributed by atoms with Crippen molar-refractivity contribution in [2.45, 2.75) is 70.3 Å². The molecule has 1 aromatic carbocycles. The standard InChI is InChI=1S/C25H37N3O/c29-25-24-17-23(12-11-21(24)19-28(25)22-9-5-2-6-10-22)27-15-13-26(14-16-27)18-20-7-3-1-4-8-20/h11-12,17,19-20,22,29H,1-10,13-16,18H2. The number of anilines is 1. The quantitative estimate of drug-likeness (QED) is 0.736. The van der Waals surface area contributed by atoms with Crippen molar-refractivity contribution in [2.75, 3.05) is 37.6 Å². The number of piperazine rings is 1. The average molecular weight is 396 g/mol. The van der Waals surface area contributed by atoms with Gasteiger partial charge in [0.25, 0.3) is 0 Å². The lowest BCUT2D eigenvalue weighted by Gasteiger charge is -2.38. The van der Waals surface area contributed by atoms with E-state index in [1.807, 2.05) is 0 Å². The average Bonchev–Trinajstić information content (AvgIpc) is 3.12. The van der Waals surface area contributed by atoms with Crippen LogP contribution in [0.5, 0.6) is 5.88 Å². The van der Waals surface area contributed by atoms with E-state index in [-0.39, 0.29) is 0 Å². The fourth-order valence-corrected chi connectivity index (χ4v) is 5.96. The minimum Gasteiger partial charge on any atom is -0.494 e. The van der Waals surface area contributed by atoms with Gasteiger partial charge in [-0.3, -0.25) is 4.90 Å². The van der Waals surface area contributed by atoms with Gasteiger partial charge >= 0.3 is 0 Å². The highest BCUT2D eigenvalue weighted by molar-refractivity contribution is 5.91. The Bertz CT molecular complexity index is 809. The molecule has 2 aromatic rings. The Morgan fingerprint density at radius 3 is 2.24 bits per heavy atom. The predicted octanol–water partition coefficient (Wildman–Crippen LogP) is 5.55. The highest BCUT2D eigenvalue weighted by atomic mass is 16.3. The summed E-state index contributed by atoms with van der Waals surface area (Å²) in [6, 6.07) is 7.16. The van der Waals surface area contributed by atoms with Crippen LogP contribution in [0.4, 0.5) is 5.69 Å². The molecule has 0 unspecified atom stereocenters. The molecule has 3 aliphatic rings. The monoisotopic (exact) mass is 395 g/mol. The smallest absolute Gasteiger partial charge is 0.199 e. The molecular formula is C25H37N3O. The molecule has 1 aliphatic heterocycles. The number of hydrogen-bond donors (Lipinski definition) is 1. The molecule has 4 nitrogen and oxygen atoms in total. The molecule has 158 valence electrons. The predicted molar refractivity (Wildman–Crippen MR) is 121 cm³/mol. The van der Waals surface area contributed by atoms with Gasteiger partial charge in [-0.25, -0.2) is 0 Å². The number of benzene rings is 1. The minimum atomic E-state index is 0.475. The zero-order valence-electron chi connectivity index (χ0n) is 17.9. The van der Waals surface area contributed by atoms with Crippen molar-refractivity contribution in [3.8, 4) is 5.88 Å². The molecule has 0 bridgehead atoms. The van der Waals surface area contributed by atoms with Crippen molar-refractivity contribution >= 4 is 16.5 Å². The van der Waals surface area contributed by atoms with Gasteiger partial charge in [-0.2, -0.15) is 0 Å². The first-order valence-electron chi connectivity index (χ1n) is 12.1. The first kappa shape index (κ1) is 19.3. The highest BCUT2D eigenvalue weighted by Crippen LogP contribution is 2.38. The lowest BCUT2D eigenvalue weighted by molar-refractivity contribution is 0.192. The zero-order valence-corrected chi connectivity index (χ0v) is 17.9. The Labute approximate surface area is 175 Å². The number of rotatable bonds is 4. The second-order valence-electron chi connectivity index (χ2n) is 9.72. The summed E-state index contributed by atoms with van der Waals surface area (Å²) in [4.78, 5) is 5.19. The molecule has 5 rings (SSSR count). The second kappa shape index (κ2) is 8.59. The van der Waals surface area contributed by atoms with Gasteiger partial charge in [-0.1, -0.05) is 44.6 Å². The van der Waals surface area contributed by atoms with E-state index in [9.17, 15) is 5.11 Å². The molecule has 0 radical (unpaired) electrons. The zero-order chi connectivity index (χ0) is 19.6. The summed E-state index contributed by atoms with van der Waals surface area (Å²) in [7, 11) is 0. The van der Waals surface area contributed by atoms with Crippen molar-refractivity contribution in [3.63, 3.8) is 0 Å². The van der Waals surface area contributed by atoms with Gasteiger partial charge in [0.2, 0.25) is 0 Å². The molecule has 29 heavy (non-hydrogen) atoms. The van der Waals surface area contributed by atoms with E-state index >= 15 is 0 Å². The molecule has 0 spiro atoms. The van der Waals surface area contributed by atoms with Gasteiger partial charge in [0, 0.05) is 61.4 Å². The van der Waals surface area contributed by atoms with Gasteiger partial charge in [0.05, 0.1) is 0 Å². The highest BCUT2D eigenvalue weighted by Gasteiger charge is 2.23. The maximum atomic E-state index is 10.9. The summed E-state index contributed by atoms with van der Waals surface area (Å²) in [5, 5.41) is 13.1. The van der Waals surface area contributed by atoms with E-state index < -0.39 is 0 Å². The molecule has 2 saturated carbocycles. The van der Waals surface area contributed by atoms with Crippen LogP contribution in [0.15, 0.2) is 24.4 Å². The molecular weight excluding hydrogens is 358 g/mol. The fourth-order valence-electron chi connectivity index (χ4n) is 5.96. The van der Waals surface area contributed by atoms with Gasteiger partial charge in [0.1, 0.15) is 0 Å². The number of aromatic nitrogens is 1. The third kappa shape index (κ3) is 4.14. The maximum Gasteiger partial charge on any atom is 0.199 e. The van der Waals surface area contributed by atoms with E-state index in [0.717, 1.165) is 24.4 Å². The topological polar surface area (TPSA) is 31.6 Å². The number of aromatic hydroxyl groups is 1. The largest absolute Gasteiger partial charge is 0.494 e. The molecule has 1 saturated heterocycles. The van der Waals surface area contributed by atoms with Crippen molar-refractivity contribution in [1.29, 1.82) is 0 Å². The summed E-state index contributed by atoms with van der Waals surface area (Å²) in [6.45, 7) is 5.84. The van der Waals surface area contributed by atoms with Gasteiger partial charge < -0.3 is 14.6 Å². The fraction of sp³-hybridized carbons (Fsp3) is 0.680. The van der Waals surface area contributed by atoms with Crippen molar-refractivity contribution < 1.29 is 5.11 Å². The Hall–Kier alpha value is -1.68. The van der Waals surface area contributed by atoms with E-state index in [0.29, 0.717) is 11.9 Å². The van der Waals surface area contributed by atoms with E-state index in [4.69, 9.17) is 0 Å². The molecule has 2 heterocycles. The van der Waals surface area contributed by atoms with Crippen LogP contribution < -0.4 is 4.90 Å². The van der Waals surface area contributed by atoms with Crippen molar-refractivity contribution in [2.24, 2.45) is 5.92 Å². The molecule has 2 aliphatic carbocycles. The second-order valence-corrected chi connectivity index (χ2v) is 9.72. The molecule has 4 heteroatoms. The summed E-state index contributed by atoms with van der Waals surface area (Å²) in [5.74, 6) is 1.41. The molecule has 0 atom stereocenters. The Kier molecular flexibility index (Phi) is 5.72. The van der Waals surface area contributed by atoms with Crippen LogP contribution in [-0.4, -0.2) is 47.3 Å². The SMILES string of the molecule is Oc1c2cc(N3CCN(CC4CCCCC4)CC3)ccc2cn1C1CCCCC1. The number of fused-ring (bicyclic) bond motifs is 1. The van der Waals surface area contributed by atoms with Gasteiger partial charge in [-0.15, -0.1) is 0 Å². The lowest BCUT2D eigenvalue weighted by atomic mass is 9.89. The Balaban J connectivity index is 1.25. The van der Waals surface area contributed by atoms with E-state index in [1.165, 1.54) is 94.9 Å². The first-order valence-corrected chi connectivity index (χ1v) is 12.1. The summed E-state index contributed by atoms with van der Waals surface area (Å²) in [5.41, 5.74) is 1.27. The third-order valence-corrected chi connectivity index (χ3v) is 7.75. The van der Waals surface area contributed by atoms with E-state index in [2.05, 4.69) is 38.8 Å². The summed E-state index contributed by atoms with van der Waals surface area (Å²) in [6.07, 6.45) is 15.7. The molecule has 3 fully saturated rings. The van der Waals surface area contributed by atoms with Crippen molar-refractivity contribution in [1.82, 2.24) is 9.47 Å². The molecule has 0 amide bonds. The van der Waals surface area contributed by atoms with Crippen LogP contribution in [0.25, 0.3) is 10.8 Å². The first-order chi connectivity index (χ1) is 14.3. The van der Waals surface area contributed by atoms with E-state index in [1.54, 1.807) is 0 Å². The van der Waals surface area contributed by atoms with Crippen LogP contribution in [-0.2, 0) is 0 Å². The van der Waals surface area contributed by atoms with Crippen LogP contribution in [0.3, 0.4) is 0 Å². The van der Waals surface area contributed by atoms with Gasteiger partial charge in [-0.05, 0) is 43.7 Å².